The zero-order chi connectivity index (χ0) is 15.2. The van der Waals surface area contributed by atoms with E-state index in [-0.39, 0.29) is 34.7 Å². The molecule has 0 amide bonds. The quantitative estimate of drug-likeness (QED) is 0.868. The van der Waals surface area contributed by atoms with Crippen LogP contribution in [0.2, 0.25) is 0 Å². The number of hydrogen-bond donors (Lipinski definition) is 2. The van der Waals surface area contributed by atoms with Crippen LogP contribution in [0.5, 0.6) is 0 Å². The van der Waals surface area contributed by atoms with Crippen LogP contribution in [0.15, 0.2) is 22.8 Å². The van der Waals surface area contributed by atoms with Crippen molar-refractivity contribution in [3.8, 4) is 18.2 Å². The normalized spacial score (nSPS) is 9.38. The lowest BCUT2D eigenvalue weighted by Gasteiger charge is -2.11. The molecular weight excluding hydrogens is 268 g/mol. The summed E-state index contributed by atoms with van der Waals surface area (Å²) in [6.45, 7) is 0.312. The summed E-state index contributed by atoms with van der Waals surface area (Å²) in [5.41, 5.74) is 6.22. The summed E-state index contributed by atoms with van der Waals surface area (Å²) in [6.07, 6.45) is 1.44. The van der Waals surface area contributed by atoms with E-state index in [1.807, 2.05) is 18.2 Å². The molecular formula is C14H10N6O. The number of furan rings is 1. The van der Waals surface area contributed by atoms with E-state index in [4.69, 9.17) is 20.7 Å². The summed E-state index contributed by atoms with van der Waals surface area (Å²) in [5.74, 6) is 0.879. The summed E-state index contributed by atoms with van der Waals surface area (Å²) >= 11 is 0. The van der Waals surface area contributed by atoms with E-state index in [9.17, 15) is 5.26 Å². The van der Waals surface area contributed by atoms with Gasteiger partial charge in [0.2, 0.25) is 0 Å². The van der Waals surface area contributed by atoms with Crippen LogP contribution in [0.3, 0.4) is 0 Å². The maximum absolute atomic E-state index is 9.28. The van der Waals surface area contributed by atoms with Gasteiger partial charge in [0.05, 0.1) is 30.9 Å². The van der Waals surface area contributed by atoms with Crippen molar-refractivity contribution < 1.29 is 4.42 Å². The van der Waals surface area contributed by atoms with E-state index in [1.54, 1.807) is 12.1 Å². The largest absolute Gasteiger partial charge is 0.467 e. The van der Waals surface area contributed by atoms with Crippen molar-refractivity contribution in [3.63, 3.8) is 0 Å². The van der Waals surface area contributed by atoms with Gasteiger partial charge in [0, 0.05) is 5.56 Å². The standard InChI is InChI=1S/C14H10N6O/c15-4-3-10-11(6-16)13(18)20-14(12(10)7-17)19-8-9-2-1-5-21-9/h1-2,5H,3,8H2,(H3,18,19,20). The molecule has 0 radical (unpaired) electrons. The van der Waals surface area contributed by atoms with E-state index in [0.717, 1.165) is 0 Å². The molecule has 0 aliphatic carbocycles. The molecule has 0 unspecified atom stereocenters. The number of hydrogen-bond acceptors (Lipinski definition) is 7. The van der Waals surface area contributed by atoms with Gasteiger partial charge in [0.25, 0.3) is 0 Å². The highest BCUT2D eigenvalue weighted by Crippen LogP contribution is 2.25. The molecule has 2 rings (SSSR count). The second-order valence-corrected chi connectivity index (χ2v) is 4.07. The Morgan fingerprint density at radius 3 is 2.57 bits per heavy atom. The van der Waals surface area contributed by atoms with E-state index < -0.39 is 0 Å². The Bertz CT molecular complexity index is 774. The SMILES string of the molecule is N#CCc1c(C#N)c(N)nc(NCc2ccco2)c1C#N. The fourth-order valence-corrected chi connectivity index (χ4v) is 1.87. The highest BCUT2D eigenvalue weighted by Gasteiger charge is 2.18. The zero-order valence-corrected chi connectivity index (χ0v) is 10.9. The number of nitrogen functional groups attached to an aromatic ring is 1. The van der Waals surface area contributed by atoms with Crippen LogP contribution in [0, 0.1) is 34.0 Å². The van der Waals surface area contributed by atoms with Gasteiger partial charge in [-0.25, -0.2) is 4.98 Å². The van der Waals surface area contributed by atoms with Crippen molar-refractivity contribution in [1.82, 2.24) is 4.98 Å². The van der Waals surface area contributed by atoms with Crippen LogP contribution < -0.4 is 11.1 Å². The van der Waals surface area contributed by atoms with E-state index in [2.05, 4.69) is 10.3 Å². The maximum Gasteiger partial charge on any atom is 0.147 e. The fraction of sp³-hybridized carbons (Fsp3) is 0.143. The molecule has 0 spiro atoms. The first-order chi connectivity index (χ1) is 10.2. The average Bonchev–Trinajstić information content (AvgIpc) is 2.99. The highest BCUT2D eigenvalue weighted by molar-refractivity contribution is 5.68. The minimum atomic E-state index is -0.0893. The third-order valence-electron chi connectivity index (χ3n) is 2.82. The third-order valence-corrected chi connectivity index (χ3v) is 2.82. The van der Waals surface area contributed by atoms with E-state index in [0.29, 0.717) is 12.3 Å². The van der Waals surface area contributed by atoms with Crippen LogP contribution in [-0.4, -0.2) is 4.98 Å². The predicted octanol–water partition coefficient (Wildman–Crippen LogP) is 1.68. The number of nitrogens with zero attached hydrogens (tertiary/aromatic N) is 4. The second-order valence-electron chi connectivity index (χ2n) is 4.07. The molecule has 7 heteroatoms. The van der Waals surface area contributed by atoms with Crippen LogP contribution in [0.4, 0.5) is 11.6 Å². The molecule has 0 saturated carbocycles. The molecule has 0 aromatic carbocycles. The van der Waals surface area contributed by atoms with Crippen LogP contribution in [-0.2, 0) is 13.0 Å². The topological polar surface area (TPSA) is 135 Å². The Hall–Kier alpha value is -3.50. The molecule has 0 saturated heterocycles. The van der Waals surface area contributed by atoms with Gasteiger partial charge in [0.1, 0.15) is 35.1 Å². The molecule has 3 N–H and O–H groups in total. The Balaban J connectivity index is 2.44. The van der Waals surface area contributed by atoms with Crippen molar-refractivity contribution in [2.45, 2.75) is 13.0 Å². The molecule has 0 fully saturated rings. The first-order valence-corrected chi connectivity index (χ1v) is 5.97. The number of nitriles is 3. The number of rotatable bonds is 4. The number of nitrogens with two attached hydrogens (primary N) is 1. The van der Waals surface area contributed by atoms with Crippen LogP contribution >= 0.6 is 0 Å². The van der Waals surface area contributed by atoms with E-state index >= 15 is 0 Å². The summed E-state index contributed by atoms with van der Waals surface area (Å²) in [6, 6.07) is 9.28. The van der Waals surface area contributed by atoms with Crippen molar-refractivity contribution >= 4 is 11.6 Å². The van der Waals surface area contributed by atoms with Gasteiger partial charge in [-0.15, -0.1) is 0 Å². The van der Waals surface area contributed by atoms with Gasteiger partial charge >= 0.3 is 0 Å². The number of aromatic nitrogens is 1. The molecule has 2 aromatic heterocycles. The van der Waals surface area contributed by atoms with Crippen LogP contribution in [0.1, 0.15) is 22.5 Å². The number of nitrogens with one attached hydrogen (secondary N) is 1. The van der Waals surface area contributed by atoms with Gasteiger partial charge in [-0.2, -0.15) is 15.8 Å². The first-order valence-electron chi connectivity index (χ1n) is 5.97. The van der Waals surface area contributed by atoms with Gasteiger partial charge < -0.3 is 15.5 Å². The molecule has 2 aromatic rings. The Kier molecular flexibility index (Phi) is 4.04. The summed E-state index contributed by atoms with van der Waals surface area (Å²) in [4.78, 5) is 4.03. The Morgan fingerprint density at radius 1 is 1.24 bits per heavy atom. The zero-order valence-electron chi connectivity index (χ0n) is 10.9. The van der Waals surface area contributed by atoms with Gasteiger partial charge in [0.15, 0.2) is 0 Å². The molecule has 2 heterocycles. The number of anilines is 2. The lowest BCUT2D eigenvalue weighted by Crippen LogP contribution is -2.10. The lowest BCUT2D eigenvalue weighted by atomic mass is 10.0. The van der Waals surface area contributed by atoms with E-state index in [1.165, 1.54) is 6.26 Å². The van der Waals surface area contributed by atoms with Gasteiger partial charge in [-0.1, -0.05) is 0 Å². The number of pyridine rings is 1. The molecule has 0 aliphatic rings. The summed E-state index contributed by atoms with van der Waals surface area (Å²) in [5, 5.41) is 30.2. The van der Waals surface area contributed by atoms with Crippen molar-refractivity contribution in [3.05, 3.63) is 40.8 Å². The second kappa shape index (κ2) is 6.10. The highest BCUT2D eigenvalue weighted by atomic mass is 16.3. The molecule has 0 bridgehead atoms. The van der Waals surface area contributed by atoms with Crippen LogP contribution in [0.25, 0.3) is 0 Å². The molecule has 7 nitrogen and oxygen atoms in total. The smallest absolute Gasteiger partial charge is 0.147 e. The maximum atomic E-state index is 9.28. The first kappa shape index (κ1) is 13.9. The summed E-state index contributed by atoms with van der Waals surface area (Å²) < 4.78 is 5.17. The average molecular weight is 278 g/mol. The van der Waals surface area contributed by atoms with Crippen molar-refractivity contribution in [2.24, 2.45) is 0 Å². The molecule has 0 atom stereocenters. The van der Waals surface area contributed by atoms with Crippen molar-refractivity contribution in [2.75, 3.05) is 11.1 Å². The Morgan fingerprint density at radius 2 is 2.00 bits per heavy atom. The monoisotopic (exact) mass is 278 g/mol. The lowest BCUT2D eigenvalue weighted by molar-refractivity contribution is 0.518. The predicted molar refractivity (Wildman–Crippen MR) is 73.4 cm³/mol. The fourth-order valence-electron chi connectivity index (χ4n) is 1.87. The molecule has 21 heavy (non-hydrogen) atoms. The Labute approximate surface area is 120 Å². The van der Waals surface area contributed by atoms with Gasteiger partial charge in [-0.3, -0.25) is 0 Å². The minimum absolute atomic E-state index is 0.0105. The molecule has 102 valence electrons. The molecule has 0 aliphatic heterocycles. The van der Waals surface area contributed by atoms with Crippen molar-refractivity contribution in [1.29, 1.82) is 15.8 Å². The van der Waals surface area contributed by atoms with Gasteiger partial charge in [-0.05, 0) is 12.1 Å². The third kappa shape index (κ3) is 2.75. The summed E-state index contributed by atoms with van der Waals surface area (Å²) in [7, 11) is 0. The minimum Gasteiger partial charge on any atom is -0.467 e.